The summed E-state index contributed by atoms with van der Waals surface area (Å²) in [4.78, 5) is 5.77. The zero-order chi connectivity index (χ0) is 11.3. The highest BCUT2D eigenvalue weighted by atomic mass is 32.1. The van der Waals surface area contributed by atoms with Gasteiger partial charge in [-0.15, -0.1) is 11.3 Å². The molecule has 2 heterocycles. The van der Waals surface area contributed by atoms with E-state index in [1.54, 1.807) is 11.3 Å². The molecule has 0 saturated heterocycles. The fraction of sp³-hybridized carbons (Fsp3) is 0.308. The van der Waals surface area contributed by atoms with Crippen LogP contribution in [0.1, 0.15) is 19.5 Å². The Morgan fingerprint density at radius 2 is 2.19 bits per heavy atom. The van der Waals surface area contributed by atoms with Crippen LogP contribution in [0.15, 0.2) is 17.5 Å². The van der Waals surface area contributed by atoms with Crippen molar-refractivity contribution in [2.45, 2.75) is 20.8 Å². The summed E-state index contributed by atoms with van der Waals surface area (Å²) < 4.78 is 2.22. The zero-order valence-electron chi connectivity index (χ0n) is 9.69. The molecule has 0 N–H and O–H groups in total. The predicted octanol–water partition coefficient (Wildman–Crippen LogP) is 1.86. The van der Waals surface area contributed by atoms with E-state index in [2.05, 4.69) is 59.8 Å². The van der Waals surface area contributed by atoms with Crippen molar-refractivity contribution in [2.24, 2.45) is 5.41 Å². The molecule has 82 valence electrons. The first kappa shape index (κ1) is 9.85. The van der Waals surface area contributed by atoms with Gasteiger partial charge in [-0.1, -0.05) is 26.0 Å². The van der Waals surface area contributed by atoms with Gasteiger partial charge in [-0.05, 0) is 19.1 Å². The van der Waals surface area contributed by atoms with Crippen molar-refractivity contribution in [1.29, 1.82) is 0 Å². The second-order valence-corrected chi connectivity index (χ2v) is 5.71. The summed E-state index contributed by atoms with van der Waals surface area (Å²) >= 11 is 1.70. The summed E-state index contributed by atoms with van der Waals surface area (Å²) in [6.07, 6.45) is 8.73. The van der Waals surface area contributed by atoms with E-state index in [1.165, 1.54) is 11.0 Å². The van der Waals surface area contributed by atoms with Gasteiger partial charge in [-0.25, -0.2) is 4.98 Å². The number of fused-ring (bicyclic) bond motifs is 3. The maximum atomic E-state index is 4.68. The van der Waals surface area contributed by atoms with Crippen LogP contribution in [0.4, 0.5) is 0 Å². The van der Waals surface area contributed by atoms with Crippen LogP contribution in [0.5, 0.6) is 0 Å². The normalized spacial score (nSPS) is 17.7. The average molecular weight is 230 g/mol. The van der Waals surface area contributed by atoms with Gasteiger partial charge in [-0.3, -0.25) is 4.40 Å². The number of hydrogen-bond donors (Lipinski definition) is 0. The van der Waals surface area contributed by atoms with Crippen molar-refractivity contribution in [3.05, 3.63) is 33.9 Å². The lowest BCUT2D eigenvalue weighted by molar-refractivity contribution is 0.669. The third kappa shape index (κ3) is 1.35. The number of aryl methyl sites for hydroxylation is 1. The Balaban J connectivity index is 2.51. The number of allylic oxidation sites excluding steroid dienone is 2. The van der Waals surface area contributed by atoms with Crippen molar-refractivity contribution in [3.63, 3.8) is 0 Å². The number of nitrogens with zero attached hydrogens (tertiary/aromatic N) is 2. The molecular formula is C13H14N2S. The van der Waals surface area contributed by atoms with Crippen LogP contribution >= 0.6 is 11.3 Å². The Hall–Kier alpha value is -1.35. The fourth-order valence-corrected chi connectivity index (χ4v) is 2.97. The molecule has 0 amide bonds. The summed E-state index contributed by atoms with van der Waals surface area (Å²) in [7, 11) is 0. The molecule has 2 aromatic rings. The molecule has 0 aliphatic heterocycles. The van der Waals surface area contributed by atoms with Gasteiger partial charge in [0.15, 0.2) is 4.96 Å². The zero-order valence-corrected chi connectivity index (χ0v) is 10.5. The van der Waals surface area contributed by atoms with E-state index < -0.39 is 0 Å². The maximum absolute atomic E-state index is 4.68. The summed E-state index contributed by atoms with van der Waals surface area (Å²) in [5.74, 6) is 0. The largest absolute Gasteiger partial charge is 0.288 e. The molecule has 1 aliphatic carbocycles. The second kappa shape index (κ2) is 3.08. The highest BCUT2D eigenvalue weighted by Crippen LogP contribution is 2.19. The van der Waals surface area contributed by atoms with Crippen LogP contribution < -0.4 is 10.7 Å². The molecule has 2 nitrogen and oxygen atoms in total. The van der Waals surface area contributed by atoms with Gasteiger partial charge in [0.2, 0.25) is 0 Å². The standard InChI is InChI=1S/C13H14N2S/c1-9-8-16-12-14-10-7-13(2,3)6-4-5-11(10)15(9)12/h4-8H,1-3H3. The molecule has 16 heavy (non-hydrogen) atoms. The summed E-state index contributed by atoms with van der Waals surface area (Å²) in [6, 6.07) is 0. The minimum atomic E-state index is 0.0830. The van der Waals surface area contributed by atoms with Crippen molar-refractivity contribution in [1.82, 2.24) is 9.38 Å². The smallest absolute Gasteiger partial charge is 0.194 e. The van der Waals surface area contributed by atoms with Crippen molar-refractivity contribution < 1.29 is 0 Å². The van der Waals surface area contributed by atoms with Crippen LogP contribution in [0, 0.1) is 12.3 Å². The molecule has 0 bridgehead atoms. The first-order valence-electron chi connectivity index (χ1n) is 5.42. The Labute approximate surface area is 98.3 Å². The SMILES string of the molecule is Cc1csc2nc3c(n12)=CC=CC(C)(C)C=3. The Bertz CT molecular complexity index is 698. The minimum Gasteiger partial charge on any atom is -0.288 e. The molecule has 0 radical (unpaired) electrons. The molecule has 0 unspecified atom stereocenters. The average Bonchev–Trinajstić information content (AvgIpc) is 2.64. The molecule has 0 aromatic carbocycles. The number of rotatable bonds is 0. The van der Waals surface area contributed by atoms with Gasteiger partial charge in [0, 0.05) is 16.5 Å². The van der Waals surface area contributed by atoms with E-state index in [1.807, 2.05) is 0 Å². The first-order chi connectivity index (χ1) is 7.57. The van der Waals surface area contributed by atoms with Crippen molar-refractivity contribution in [3.8, 4) is 0 Å². The highest BCUT2D eigenvalue weighted by Gasteiger charge is 2.13. The molecule has 0 atom stereocenters. The van der Waals surface area contributed by atoms with Gasteiger partial charge in [0.25, 0.3) is 0 Å². The Morgan fingerprint density at radius 1 is 1.38 bits per heavy atom. The number of thiazole rings is 1. The van der Waals surface area contributed by atoms with Crippen LogP contribution in [-0.2, 0) is 0 Å². The maximum Gasteiger partial charge on any atom is 0.194 e. The summed E-state index contributed by atoms with van der Waals surface area (Å²) in [5, 5.41) is 4.46. The third-order valence-electron chi connectivity index (χ3n) is 2.89. The van der Waals surface area contributed by atoms with Crippen LogP contribution in [-0.4, -0.2) is 9.38 Å². The molecule has 2 aromatic heterocycles. The van der Waals surface area contributed by atoms with E-state index >= 15 is 0 Å². The van der Waals surface area contributed by atoms with E-state index in [0.29, 0.717) is 0 Å². The Morgan fingerprint density at radius 3 is 3.00 bits per heavy atom. The molecule has 0 fully saturated rings. The van der Waals surface area contributed by atoms with Crippen LogP contribution in [0.25, 0.3) is 17.1 Å². The topological polar surface area (TPSA) is 17.3 Å². The van der Waals surface area contributed by atoms with Crippen molar-refractivity contribution in [2.75, 3.05) is 0 Å². The van der Waals surface area contributed by atoms with Gasteiger partial charge in [0.1, 0.15) is 0 Å². The van der Waals surface area contributed by atoms with E-state index in [4.69, 9.17) is 0 Å². The lowest BCUT2D eigenvalue weighted by Crippen LogP contribution is -2.28. The van der Waals surface area contributed by atoms with Gasteiger partial charge in [0.05, 0.1) is 10.7 Å². The first-order valence-corrected chi connectivity index (χ1v) is 6.30. The van der Waals surface area contributed by atoms with Crippen molar-refractivity contribution >= 4 is 28.4 Å². The quantitative estimate of drug-likeness (QED) is 0.675. The second-order valence-electron chi connectivity index (χ2n) is 4.87. The number of hydrogen-bond acceptors (Lipinski definition) is 2. The monoisotopic (exact) mass is 230 g/mol. The summed E-state index contributed by atoms with van der Waals surface area (Å²) in [5.41, 5.74) is 1.34. The molecule has 3 heteroatoms. The van der Waals surface area contributed by atoms with E-state index in [9.17, 15) is 0 Å². The molecular weight excluding hydrogens is 216 g/mol. The molecule has 3 rings (SSSR count). The predicted molar refractivity (Wildman–Crippen MR) is 68.9 cm³/mol. The lowest BCUT2D eigenvalue weighted by atomic mass is 9.93. The van der Waals surface area contributed by atoms with E-state index in [-0.39, 0.29) is 5.41 Å². The van der Waals surface area contributed by atoms with Gasteiger partial charge in [-0.2, -0.15) is 0 Å². The third-order valence-corrected chi connectivity index (χ3v) is 3.83. The lowest BCUT2D eigenvalue weighted by Gasteiger charge is -2.11. The van der Waals surface area contributed by atoms with E-state index in [0.717, 1.165) is 10.3 Å². The summed E-state index contributed by atoms with van der Waals surface area (Å²) in [6.45, 7) is 6.53. The number of aromatic nitrogens is 2. The molecule has 0 spiro atoms. The van der Waals surface area contributed by atoms with Crippen LogP contribution in [0.2, 0.25) is 0 Å². The number of imidazole rings is 1. The molecule has 1 aliphatic rings. The van der Waals surface area contributed by atoms with Gasteiger partial charge >= 0.3 is 0 Å². The Kier molecular flexibility index (Phi) is 1.89. The highest BCUT2D eigenvalue weighted by molar-refractivity contribution is 7.15. The fourth-order valence-electron chi connectivity index (χ4n) is 2.09. The van der Waals surface area contributed by atoms with Crippen LogP contribution in [0.3, 0.4) is 0 Å². The van der Waals surface area contributed by atoms with Gasteiger partial charge < -0.3 is 0 Å². The molecule has 0 saturated carbocycles. The minimum absolute atomic E-state index is 0.0830.